The molecule has 0 fully saturated rings. The maximum atomic E-state index is 11.2. The summed E-state index contributed by atoms with van der Waals surface area (Å²) in [6.45, 7) is 0.994. The zero-order valence-electron chi connectivity index (χ0n) is 12.4. The normalized spacial score (nSPS) is 17.7. The van der Waals surface area contributed by atoms with Gasteiger partial charge in [-0.15, -0.1) is 0 Å². The van der Waals surface area contributed by atoms with Crippen molar-refractivity contribution < 1.29 is 19.4 Å². The van der Waals surface area contributed by atoms with Crippen molar-refractivity contribution in [3.05, 3.63) is 59.7 Å². The minimum atomic E-state index is -0.854. The van der Waals surface area contributed by atoms with Crippen LogP contribution in [0.4, 0.5) is 0 Å². The van der Waals surface area contributed by atoms with E-state index in [4.69, 9.17) is 9.47 Å². The summed E-state index contributed by atoms with van der Waals surface area (Å²) >= 11 is 3.27. The Hall–Kier alpha value is -2.01. The van der Waals surface area contributed by atoms with Gasteiger partial charge in [0.1, 0.15) is 22.9 Å². The molecule has 0 spiro atoms. The topological polar surface area (TPSA) is 55.8 Å². The van der Waals surface area contributed by atoms with Crippen LogP contribution in [0.1, 0.15) is 23.5 Å². The first kappa shape index (κ1) is 15.9. The summed E-state index contributed by atoms with van der Waals surface area (Å²) in [5, 5.41) is 9.21. The van der Waals surface area contributed by atoms with Crippen LogP contribution in [0.2, 0.25) is 0 Å². The van der Waals surface area contributed by atoms with Gasteiger partial charge in [0.05, 0.1) is 6.61 Å². The monoisotopic (exact) mass is 376 g/mol. The van der Waals surface area contributed by atoms with Crippen LogP contribution in [0.3, 0.4) is 0 Å². The van der Waals surface area contributed by atoms with E-state index < -0.39 is 10.8 Å². The predicted molar refractivity (Wildman–Crippen MR) is 90.4 cm³/mol. The van der Waals surface area contributed by atoms with E-state index in [0.717, 1.165) is 16.9 Å². The Balaban J connectivity index is 1.75. The van der Waals surface area contributed by atoms with Crippen molar-refractivity contribution in [1.29, 1.82) is 0 Å². The van der Waals surface area contributed by atoms with E-state index in [0.29, 0.717) is 25.4 Å². The maximum Gasteiger partial charge on any atom is 0.317 e. The van der Waals surface area contributed by atoms with Crippen molar-refractivity contribution in [2.75, 3.05) is 6.61 Å². The van der Waals surface area contributed by atoms with Crippen molar-refractivity contribution in [3.63, 3.8) is 0 Å². The Morgan fingerprint density at radius 1 is 1.30 bits per heavy atom. The number of rotatable bonds is 5. The molecule has 3 rings (SSSR count). The molecule has 4 nitrogen and oxygen atoms in total. The number of aliphatic carboxylic acids is 1. The fourth-order valence-electron chi connectivity index (χ4n) is 2.70. The predicted octanol–water partition coefficient (Wildman–Crippen LogP) is 3.98. The molecule has 0 saturated heterocycles. The van der Waals surface area contributed by atoms with Crippen molar-refractivity contribution in [1.82, 2.24) is 0 Å². The minimum absolute atomic E-state index is 0.0978. The highest BCUT2D eigenvalue weighted by atomic mass is 79.9. The molecular formula is C18H17BrO4. The first-order chi connectivity index (χ1) is 11.1. The van der Waals surface area contributed by atoms with Crippen molar-refractivity contribution in [2.45, 2.75) is 23.8 Å². The van der Waals surface area contributed by atoms with Crippen molar-refractivity contribution in [2.24, 2.45) is 0 Å². The number of alkyl halides is 1. The third-order valence-corrected chi connectivity index (χ3v) is 4.94. The van der Waals surface area contributed by atoms with E-state index in [2.05, 4.69) is 15.9 Å². The lowest BCUT2D eigenvalue weighted by Crippen LogP contribution is -2.27. The Kier molecular flexibility index (Phi) is 4.86. The summed E-state index contributed by atoms with van der Waals surface area (Å²) in [7, 11) is 0. The van der Waals surface area contributed by atoms with Gasteiger partial charge in [0, 0.05) is 12.0 Å². The highest BCUT2D eigenvalue weighted by Crippen LogP contribution is 2.40. The Morgan fingerprint density at radius 3 is 2.83 bits per heavy atom. The molecule has 2 atom stereocenters. The molecule has 1 aliphatic rings. The average Bonchev–Trinajstić information content (AvgIpc) is 2.59. The third-order valence-electron chi connectivity index (χ3n) is 3.91. The number of hydrogen-bond acceptors (Lipinski definition) is 3. The largest absolute Gasteiger partial charge is 0.493 e. The smallest absolute Gasteiger partial charge is 0.317 e. The number of carboxylic acid groups (broad SMARTS) is 1. The summed E-state index contributed by atoms with van der Waals surface area (Å²) in [6, 6.07) is 15.5. The molecule has 0 amide bonds. The fourth-order valence-corrected chi connectivity index (χ4v) is 3.25. The molecule has 0 aromatic heterocycles. The molecular weight excluding hydrogens is 360 g/mol. The van der Waals surface area contributed by atoms with Crippen molar-refractivity contribution >= 4 is 21.9 Å². The van der Waals surface area contributed by atoms with Crippen LogP contribution in [0.25, 0.3) is 0 Å². The summed E-state index contributed by atoms with van der Waals surface area (Å²) < 4.78 is 11.5. The van der Waals surface area contributed by atoms with E-state index in [1.165, 1.54) is 0 Å². The lowest BCUT2D eigenvalue weighted by Gasteiger charge is -2.28. The van der Waals surface area contributed by atoms with Gasteiger partial charge in [0.2, 0.25) is 0 Å². The molecule has 5 heteroatoms. The molecule has 0 aliphatic carbocycles. The molecule has 1 aliphatic heterocycles. The number of carbonyl (C=O) groups is 1. The van der Waals surface area contributed by atoms with Gasteiger partial charge in [-0.25, -0.2) is 0 Å². The SMILES string of the molecule is O=C(O)C(Br)[C@@H]1CCOc2cc(OCc3ccccc3)ccc21. The second kappa shape index (κ2) is 7.04. The second-order valence-corrected chi connectivity index (χ2v) is 6.44. The molecule has 1 heterocycles. The number of fused-ring (bicyclic) bond motifs is 1. The Labute approximate surface area is 143 Å². The van der Waals surface area contributed by atoms with E-state index in [9.17, 15) is 9.90 Å². The van der Waals surface area contributed by atoms with E-state index in [1.807, 2.05) is 48.5 Å². The second-order valence-electron chi connectivity index (χ2n) is 5.46. The van der Waals surface area contributed by atoms with E-state index >= 15 is 0 Å². The van der Waals surface area contributed by atoms with Gasteiger partial charge in [-0.05, 0) is 23.6 Å². The number of benzene rings is 2. The molecule has 2 aromatic carbocycles. The van der Waals surface area contributed by atoms with Gasteiger partial charge in [-0.2, -0.15) is 0 Å². The summed E-state index contributed by atoms with van der Waals surface area (Å²) in [5.41, 5.74) is 2.00. The Morgan fingerprint density at radius 2 is 2.09 bits per heavy atom. The summed E-state index contributed by atoms with van der Waals surface area (Å²) in [4.78, 5) is 10.6. The van der Waals surface area contributed by atoms with Gasteiger partial charge in [0.25, 0.3) is 0 Å². The molecule has 0 saturated carbocycles. The van der Waals surface area contributed by atoms with Gasteiger partial charge in [0.15, 0.2) is 0 Å². The van der Waals surface area contributed by atoms with Crippen LogP contribution in [-0.4, -0.2) is 22.5 Å². The minimum Gasteiger partial charge on any atom is -0.493 e. The zero-order valence-corrected chi connectivity index (χ0v) is 14.0. The van der Waals surface area contributed by atoms with Crippen LogP contribution in [0.5, 0.6) is 11.5 Å². The van der Waals surface area contributed by atoms with Crippen LogP contribution in [0.15, 0.2) is 48.5 Å². The average molecular weight is 377 g/mol. The zero-order chi connectivity index (χ0) is 16.2. The van der Waals surface area contributed by atoms with Crippen LogP contribution in [-0.2, 0) is 11.4 Å². The molecule has 0 bridgehead atoms. The van der Waals surface area contributed by atoms with Gasteiger partial charge < -0.3 is 14.6 Å². The maximum absolute atomic E-state index is 11.2. The van der Waals surface area contributed by atoms with Gasteiger partial charge in [-0.1, -0.05) is 52.3 Å². The van der Waals surface area contributed by atoms with E-state index in [1.54, 1.807) is 0 Å². The molecule has 0 radical (unpaired) electrons. The lowest BCUT2D eigenvalue weighted by atomic mass is 9.90. The molecule has 1 unspecified atom stereocenters. The molecule has 120 valence electrons. The van der Waals surface area contributed by atoms with E-state index in [-0.39, 0.29) is 5.92 Å². The number of carboxylic acids is 1. The quantitative estimate of drug-likeness (QED) is 0.801. The van der Waals surface area contributed by atoms with Crippen molar-refractivity contribution in [3.8, 4) is 11.5 Å². The fraction of sp³-hybridized carbons (Fsp3) is 0.278. The van der Waals surface area contributed by atoms with Gasteiger partial charge in [-0.3, -0.25) is 4.79 Å². The highest BCUT2D eigenvalue weighted by molar-refractivity contribution is 9.10. The first-order valence-corrected chi connectivity index (χ1v) is 8.37. The van der Waals surface area contributed by atoms with Crippen LogP contribution in [0, 0.1) is 0 Å². The third kappa shape index (κ3) is 3.67. The molecule has 1 N–H and O–H groups in total. The van der Waals surface area contributed by atoms with Gasteiger partial charge >= 0.3 is 5.97 Å². The summed E-state index contributed by atoms with van der Waals surface area (Å²) in [6.07, 6.45) is 0.680. The summed E-state index contributed by atoms with van der Waals surface area (Å²) in [5.74, 6) is 0.471. The number of ether oxygens (including phenoxy) is 2. The standard InChI is InChI=1S/C18H17BrO4/c19-17(18(20)21)15-8-9-22-16-10-13(6-7-14(15)16)23-11-12-4-2-1-3-5-12/h1-7,10,15,17H,8-9,11H2,(H,20,21)/t15-,17?/m1/s1. The molecule has 2 aromatic rings. The highest BCUT2D eigenvalue weighted by Gasteiger charge is 2.32. The number of hydrogen-bond donors (Lipinski definition) is 1. The van der Waals surface area contributed by atoms with Crippen LogP contribution >= 0.6 is 15.9 Å². The number of halogens is 1. The van der Waals surface area contributed by atoms with Crippen LogP contribution < -0.4 is 9.47 Å². The molecule has 23 heavy (non-hydrogen) atoms. The Bertz CT molecular complexity index is 687. The lowest BCUT2D eigenvalue weighted by molar-refractivity contribution is -0.136. The first-order valence-electron chi connectivity index (χ1n) is 7.45.